The molecule has 0 atom stereocenters. The van der Waals surface area contributed by atoms with Crippen molar-refractivity contribution in [2.24, 2.45) is 0 Å². The molecule has 0 aromatic carbocycles. The van der Waals surface area contributed by atoms with Crippen molar-refractivity contribution in [2.45, 2.75) is 39.2 Å². The van der Waals surface area contributed by atoms with Gasteiger partial charge in [-0.15, -0.1) is 0 Å². The molecule has 184 valence electrons. The highest BCUT2D eigenvalue weighted by Gasteiger charge is 2.25. The van der Waals surface area contributed by atoms with Crippen LogP contribution in [0.2, 0.25) is 0 Å². The van der Waals surface area contributed by atoms with E-state index < -0.39 is 0 Å². The van der Waals surface area contributed by atoms with Gasteiger partial charge in [-0.1, -0.05) is 0 Å². The van der Waals surface area contributed by atoms with Gasteiger partial charge in [-0.3, -0.25) is 9.59 Å². The highest BCUT2D eigenvalue weighted by Crippen LogP contribution is 2.07. The summed E-state index contributed by atoms with van der Waals surface area (Å²) in [6.45, 7) is 12.8. The SMILES string of the molecule is CC(C)(C)NCC[N+](C)(CCC(=O)NCC[N+](C)(C)C)CCC(=O)NCC[N+](C)(C)C. The quantitative estimate of drug-likeness (QED) is 0.317. The Labute approximate surface area is 192 Å². The third kappa shape index (κ3) is 19.2. The Morgan fingerprint density at radius 2 is 1.00 bits per heavy atom. The molecular weight excluding hydrogens is 392 g/mol. The highest BCUT2D eigenvalue weighted by atomic mass is 16.2. The lowest BCUT2D eigenvalue weighted by molar-refractivity contribution is -0.907. The van der Waals surface area contributed by atoms with Crippen molar-refractivity contribution in [3.05, 3.63) is 0 Å². The summed E-state index contributed by atoms with van der Waals surface area (Å²) in [5.74, 6) is 0.183. The van der Waals surface area contributed by atoms with Gasteiger partial charge in [0.1, 0.15) is 0 Å². The summed E-state index contributed by atoms with van der Waals surface area (Å²) in [6.07, 6.45) is 0.957. The standard InChI is InChI=1S/C23H51N6O2/c1-23(2,3)26-15-20-29(10,16-11-21(30)24-13-18-27(4,5)6)17-12-22(31)25-14-19-28(7,8)9/h26H,11-20H2,1-10H3/q+1/p+2. The maximum atomic E-state index is 12.4. The van der Waals surface area contributed by atoms with Gasteiger partial charge in [0.05, 0.1) is 108 Å². The molecule has 8 nitrogen and oxygen atoms in total. The van der Waals surface area contributed by atoms with Crippen LogP contribution in [0.5, 0.6) is 0 Å². The second-order valence-corrected chi connectivity index (χ2v) is 12.2. The van der Waals surface area contributed by atoms with Crippen LogP contribution in [0, 0.1) is 0 Å². The molecule has 3 N–H and O–H groups in total. The summed E-state index contributed by atoms with van der Waals surface area (Å²) in [7, 11) is 14.9. The molecule has 0 aliphatic carbocycles. The van der Waals surface area contributed by atoms with Gasteiger partial charge in [0.15, 0.2) is 0 Å². The lowest BCUT2D eigenvalue weighted by atomic mass is 10.1. The van der Waals surface area contributed by atoms with E-state index in [1.54, 1.807) is 0 Å². The molecular formula is C23H53N6O2+3. The molecule has 0 rings (SSSR count). The summed E-state index contributed by atoms with van der Waals surface area (Å²) < 4.78 is 2.36. The topological polar surface area (TPSA) is 70.2 Å². The van der Waals surface area contributed by atoms with E-state index >= 15 is 0 Å². The number of hydrogen-bond donors (Lipinski definition) is 3. The van der Waals surface area contributed by atoms with E-state index in [0.717, 1.165) is 48.2 Å². The first-order valence-corrected chi connectivity index (χ1v) is 11.6. The number of hydrogen-bond acceptors (Lipinski definition) is 3. The first-order chi connectivity index (χ1) is 13.9. The van der Waals surface area contributed by atoms with Gasteiger partial charge in [-0.05, 0) is 20.8 Å². The van der Waals surface area contributed by atoms with Crippen LogP contribution < -0.4 is 16.0 Å². The number of carbonyl (C=O) groups excluding carboxylic acids is 2. The molecule has 0 unspecified atom stereocenters. The lowest BCUT2D eigenvalue weighted by Gasteiger charge is -2.35. The van der Waals surface area contributed by atoms with Crippen LogP contribution in [-0.4, -0.2) is 132 Å². The zero-order chi connectivity index (χ0) is 24.3. The maximum absolute atomic E-state index is 12.4. The molecule has 0 saturated heterocycles. The summed E-state index contributed by atoms with van der Waals surface area (Å²) in [5.41, 5.74) is 0.0516. The Balaban J connectivity index is 4.67. The van der Waals surface area contributed by atoms with Crippen molar-refractivity contribution in [1.82, 2.24) is 16.0 Å². The first kappa shape index (κ1) is 29.8. The molecule has 8 heteroatoms. The van der Waals surface area contributed by atoms with Crippen molar-refractivity contribution in [2.75, 3.05) is 102 Å². The van der Waals surface area contributed by atoms with Crippen LogP contribution in [0.1, 0.15) is 33.6 Å². The number of nitrogens with one attached hydrogen (secondary N) is 3. The molecule has 0 radical (unpaired) electrons. The van der Waals surface area contributed by atoms with E-state index in [1.807, 2.05) is 0 Å². The lowest BCUT2D eigenvalue weighted by Crippen LogP contribution is -2.53. The molecule has 0 aliphatic heterocycles. The molecule has 0 spiro atoms. The van der Waals surface area contributed by atoms with E-state index in [1.165, 1.54) is 0 Å². The van der Waals surface area contributed by atoms with Gasteiger partial charge in [0.25, 0.3) is 0 Å². The zero-order valence-corrected chi connectivity index (χ0v) is 22.2. The third-order valence-electron chi connectivity index (χ3n) is 5.27. The van der Waals surface area contributed by atoms with E-state index in [9.17, 15) is 9.59 Å². The number of nitrogens with zero attached hydrogens (tertiary/aromatic N) is 3. The van der Waals surface area contributed by atoms with Gasteiger partial charge >= 0.3 is 0 Å². The average Bonchev–Trinajstić information content (AvgIpc) is 2.55. The number of amides is 2. The minimum atomic E-state index is 0.0516. The smallest absolute Gasteiger partial charge is 0.225 e. The Kier molecular flexibility index (Phi) is 12.2. The van der Waals surface area contributed by atoms with Crippen molar-refractivity contribution in [3.63, 3.8) is 0 Å². The summed E-state index contributed by atoms with van der Waals surface area (Å²) >= 11 is 0. The number of quaternary nitrogens is 3. The van der Waals surface area contributed by atoms with Crippen molar-refractivity contribution in [3.8, 4) is 0 Å². The predicted molar refractivity (Wildman–Crippen MR) is 130 cm³/mol. The van der Waals surface area contributed by atoms with Crippen LogP contribution in [0.4, 0.5) is 0 Å². The van der Waals surface area contributed by atoms with Gasteiger partial charge in [0, 0.05) is 12.1 Å². The number of likely N-dealkylation sites (N-methyl/N-ethyl adjacent to an activating group) is 3. The second-order valence-electron chi connectivity index (χ2n) is 12.2. The molecule has 0 saturated carbocycles. The fourth-order valence-corrected chi connectivity index (χ4v) is 3.02. The van der Waals surface area contributed by atoms with Crippen LogP contribution in [0.3, 0.4) is 0 Å². The fraction of sp³-hybridized carbons (Fsp3) is 0.913. The minimum absolute atomic E-state index is 0.0516. The van der Waals surface area contributed by atoms with Crippen LogP contribution in [-0.2, 0) is 9.59 Å². The third-order valence-corrected chi connectivity index (χ3v) is 5.27. The molecule has 31 heavy (non-hydrogen) atoms. The second kappa shape index (κ2) is 12.7. The fourth-order valence-electron chi connectivity index (χ4n) is 3.02. The van der Waals surface area contributed by atoms with E-state index in [2.05, 4.69) is 86.1 Å². The summed E-state index contributed by atoms with van der Waals surface area (Å²) in [6, 6.07) is 0. The van der Waals surface area contributed by atoms with E-state index in [0.29, 0.717) is 30.4 Å². The predicted octanol–water partition coefficient (Wildman–Crippen LogP) is 0.246. The van der Waals surface area contributed by atoms with Crippen molar-refractivity contribution >= 4 is 11.8 Å². The van der Waals surface area contributed by atoms with E-state index in [4.69, 9.17) is 0 Å². The molecule has 0 aliphatic rings. The van der Waals surface area contributed by atoms with Crippen LogP contribution >= 0.6 is 0 Å². The molecule has 0 heterocycles. The molecule has 0 fully saturated rings. The minimum Gasteiger partial charge on any atom is -0.350 e. The zero-order valence-electron chi connectivity index (χ0n) is 22.2. The average molecular weight is 446 g/mol. The molecule has 0 aromatic heterocycles. The van der Waals surface area contributed by atoms with Crippen molar-refractivity contribution in [1.29, 1.82) is 0 Å². The molecule has 0 bridgehead atoms. The molecule has 2 amide bonds. The normalized spacial score (nSPS) is 13.2. The Bertz CT molecular complexity index is 508. The summed E-state index contributed by atoms with van der Waals surface area (Å²) in [5, 5.41) is 9.61. The van der Waals surface area contributed by atoms with Crippen LogP contribution in [0.25, 0.3) is 0 Å². The van der Waals surface area contributed by atoms with Gasteiger partial charge in [-0.25, -0.2) is 0 Å². The Morgan fingerprint density at radius 1 is 0.613 bits per heavy atom. The Hall–Kier alpha value is -1.22. The van der Waals surface area contributed by atoms with Crippen LogP contribution in [0.15, 0.2) is 0 Å². The number of rotatable bonds is 15. The van der Waals surface area contributed by atoms with Crippen molar-refractivity contribution < 1.29 is 23.0 Å². The largest absolute Gasteiger partial charge is 0.350 e. The summed E-state index contributed by atoms with van der Waals surface area (Å²) in [4.78, 5) is 24.7. The van der Waals surface area contributed by atoms with Gasteiger partial charge in [0.2, 0.25) is 11.8 Å². The highest BCUT2D eigenvalue weighted by molar-refractivity contribution is 5.76. The first-order valence-electron chi connectivity index (χ1n) is 11.6. The van der Waals surface area contributed by atoms with Gasteiger partial charge < -0.3 is 29.4 Å². The van der Waals surface area contributed by atoms with Gasteiger partial charge in [-0.2, -0.15) is 0 Å². The number of carbonyl (C=O) groups is 2. The maximum Gasteiger partial charge on any atom is 0.225 e. The Morgan fingerprint density at radius 3 is 1.32 bits per heavy atom. The monoisotopic (exact) mass is 445 g/mol. The van der Waals surface area contributed by atoms with E-state index in [-0.39, 0.29) is 17.4 Å². The molecule has 0 aromatic rings.